The molecule has 0 atom stereocenters. The van der Waals surface area contributed by atoms with Crippen LogP contribution in [-0.2, 0) is 4.74 Å². The van der Waals surface area contributed by atoms with Crippen LogP contribution < -0.4 is 5.32 Å². The van der Waals surface area contributed by atoms with E-state index in [2.05, 4.69) is 10.4 Å². The molecule has 0 aliphatic carbocycles. The molecule has 1 aliphatic rings. The van der Waals surface area contributed by atoms with E-state index in [9.17, 15) is 14.3 Å². The number of hydrogen-bond acceptors (Lipinski definition) is 4. The van der Waals surface area contributed by atoms with Gasteiger partial charge in [-0.3, -0.25) is 4.79 Å². The number of aryl methyl sites for hydroxylation is 2. The second kappa shape index (κ2) is 6.93. The summed E-state index contributed by atoms with van der Waals surface area (Å²) >= 11 is 0. The third-order valence-electron chi connectivity index (χ3n) is 4.45. The first kappa shape index (κ1) is 17.6. The van der Waals surface area contributed by atoms with Gasteiger partial charge in [0.05, 0.1) is 11.3 Å². The smallest absolute Gasteiger partial charge is 0.251 e. The molecule has 6 nitrogen and oxygen atoms in total. The predicted molar refractivity (Wildman–Crippen MR) is 90.3 cm³/mol. The monoisotopic (exact) mass is 347 g/mol. The van der Waals surface area contributed by atoms with Crippen molar-refractivity contribution in [2.45, 2.75) is 32.3 Å². The second-order valence-electron chi connectivity index (χ2n) is 6.52. The maximum atomic E-state index is 14.4. The zero-order chi connectivity index (χ0) is 18.0. The van der Waals surface area contributed by atoms with Gasteiger partial charge >= 0.3 is 0 Å². The van der Waals surface area contributed by atoms with Crippen molar-refractivity contribution in [1.29, 1.82) is 0 Å². The summed E-state index contributed by atoms with van der Waals surface area (Å²) in [5, 5.41) is 17.3. The number of aromatic nitrogens is 2. The molecule has 7 heteroatoms. The fraction of sp³-hybridized carbons (Fsp3) is 0.444. The molecule has 2 N–H and O–H groups in total. The van der Waals surface area contributed by atoms with E-state index >= 15 is 0 Å². The van der Waals surface area contributed by atoms with Gasteiger partial charge in [0.15, 0.2) is 0 Å². The Labute approximate surface area is 145 Å². The molecule has 0 bridgehead atoms. The number of carbonyl (C=O) groups excluding carboxylic acids is 1. The van der Waals surface area contributed by atoms with Gasteiger partial charge in [0.2, 0.25) is 0 Å². The van der Waals surface area contributed by atoms with Crippen LogP contribution in [0.1, 0.15) is 34.6 Å². The summed E-state index contributed by atoms with van der Waals surface area (Å²) in [4.78, 5) is 12.3. The lowest BCUT2D eigenvalue weighted by molar-refractivity contribution is -0.0605. The van der Waals surface area contributed by atoms with Crippen molar-refractivity contribution in [3.05, 3.63) is 47.0 Å². The van der Waals surface area contributed by atoms with Gasteiger partial charge in [-0.25, -0.2) is 9.07 Å². The van der Waals surface area contributed by atoms with E-state index in [-0.39, 0.29) is 12.1 Å². The highest BCUT2D eigenvalue weighted by Gasteiger charge is 2.30. The molecule has 0 radical (unpaired) electrons. The Bertz CT molecular complexity index is 782. The van der Waals surface area contributed by atoms with Crippen LogP contribution >= 0.6 is 0 Å². The average Bonchev–Trinajstić information content (AvgIpc) is 2.91. The van der Waals surface area contributed by atoms with Crippen molar-refractivity contribution in [2.24, 2.45) is 0 Å². The molecule has 134 valence electrons. The summed E-state index contributed by atoms with van der Waals surface area (Å²) in [6.07, 6.45) is 0.941. The number of halogens is 1. The first-order valence-corrected chi connectivity index (χ1v) is 8.29. The van der Waals surface area contributed by atoms with Gasteiger partial charge in [0.1, 0.15) is 11.5 Å². The molecular weight excluding hydrogens is 325 g/mol. The van der Waals surface area contributed by atoms with E-state index in [1.54, 1.807) is 6.07 Å². The van der Waals surface area contributed by atoms with Crippen LogP contribution in [0.25, 0.3) is 5.69 Å². The SMILES string of the molecule is Cc1cc(C)n(-c2ccc(C(=O)NCC3(O)CCOCC3)cc2F)n1. The van der Waals surface area contributed by atoms with E-state index in [0.29, 0.717) is 31.7 Å². The quantitative estimate of drug-likeness (QED) is 0.886. The van der Waals surface area contributed by atoms with Crippen molar-refractivity contribution in [2.75, 3.05) is 19.8 Å². The standard InChI is InChI=1S/C18H22FN3O3/c1-12-9-13(2)22(21-12)16-4-3-14(10-15(16)19)17(23)20-11-18(24)5-7-25-8-6-18/h3-4,9-10,24H,5-8,11H2,1-2H3,(H,20,23). The molecule has 2 heterocycles. The van der Waals surface area contributed by atoms with Crippen molar-refractivity contribution in [3.8, 4) is 5.69 Å². The number of aliphatic hydroxyl groups is 1. The summed E-state index contributed by atoms with van der Waals surface area (Å²) in [5.41, 5.74) is 1.15. The summed E-state index contributed by atoms with van der Waals surface area (Å²) < 4.78 is 21.2. The highest BCUT2D eigenvalue weighted by atomic mass is 19.1. The molecule has 1 amide bonds. The van der Waals surface area contributed by atoms with E-state index in [1.165, 1.54) is 16.8 Å². The van der Waals surface area contributed by atoms with E-state index in [0.717, 1.165) is 11.4 Å². The predicted octanol–water partition coefficient (Wildman–Crippen LogP) is 1.90. The van der Waals surface area contributed by atoms with E-state index in [4.69, 9.17) is 4.74 Å². The largest absolute Gasteiger partial charge is 0.388 e. The molecule has 0 spiro atoms. The third kappa shape index (κ3) is 3.88. The Morgan fingerprint density at radius 1 is 1.36 bits per heavy atom. The van der Waals surface area contributed by atoms with Crippen molar-refractivity contribution in [3.63, 3.8) is 0 Å². The average molecular weight is 347 g/mol. The molecule has 1 aromatic heterocycles. The van der Waals surface area contributed by atoms with Crippen molar-refractivity contribution >= 4 is 5.91 Å². The maximum Gasteiger partial charge on any atom is 0.251 e. The number of nitrogens with one attached hydrogen (secondary N) is 1. The number of carbonyl (C=O) groups is 1. The van der Waals surface area contributed by atoms with Crippen LogP contribution in [0, 0.1) is 19.7 Å². The van der Waals surface area contributed by atoms with Gasteiger partial charge in [-0.15, -0.1) is 0 Å². The van der Waals surface area contributed by atoms with Crippen LogP contribution in [0.15, 0.2) is 24.3 Å². The van der Waals surface area contributed by atoms with E-state index in [1.807, 2.05) is 19.9 Å². The Morgan fingerprint density at radius 2 is 2.08 bits per heavy atom. The fourth-order valence-electron chi connectivity index (χ4n) is 2.97. The zero-order valence-corrected chi connectivity index (χ0v) is 14.4. The molecule has 1 aromatic carbocycles. The molecule has 3 rings (SSSR count). The minimum Gasteiger partial charge on any atom is -0.388 e. The lowest BCUT2D eigenvalue weighted by atomic mass is 9.94. The second-order valence-corrected chi connectivity index (χ2v) is 6.52. The van der Waals surface area contributed by atoms with Crippen LogP contribution in [-0.4, -0.2) is 46.2 Å². The minimum atomic E-state index is -0.962. The summed E-state index contributed by atoms with van der Waals surface area (Å²) in [6, 6.07) is 6.13. The fourth-order valence-corrected chi connectivity index (χ4v) is 2.97. The molecular formula is C18H22FN3O3. The van der Waals surface area contributed by atoms with Crippen molar-refractivity contribution < 1.29 is 19.0 Å². The van der Waals surface area contributed by atoms with Crippen molar-refractivity contribution in [1.82, 2.24) is 15.1 Å². The lowest BCUT2D eigenvalue weighted by Crippen LogP contribution is -2.46. The number of benzene rings is 1. The first-order valence-electron chi connectivity index (χ1n) is 8.29. The van der Waals surface area contributed by atoms with Crippen LogP contribution in [0.4, 0.5) is 4.39 Å². The molecule has 1 saturated heterocycles. The number of nitrogens with zero attached hydrogens (tertiary/aromatic N) is 2. The molecule has 25 heavy (non-hydrogen) atoms. The molecule has 0 saturated carbocycles. The summed E-state index contributed by atoms with van der Waals surface area (Å²) in [6.45, 7) is 4.74. The summed E-state index contributed by atoms with van der Waals surface area (Å²) in [7, 11) is 0. The number of ether oxygens (including phenoxy) is 1. The van der Waals surface area contributed by atoms with Gasteiger partial charge in [-0.05, 0) is 38.1 Å². The van der Waals surface area contributed by atoms with Crippen LogP contribution in [0.5, 0.6) is 0 Å². The van der Waals surface area contributed by atoms with Gasteiger partial charge in [0.25, 0.3) is 5.91 Å². The molecule has 0 unspecified atom stereocenters. The normalized spacial score (nSPS) is 16.6. The number of amides is 1. The Morgan fingerprint density at radius 3 is 2.68 bits per heavy atom. The minimum absolute atomic E-state index is 0.121. The first-order chi connectivity index (χ1) is 11.9. The lowest BCUT2D eigenvalue weighted by Gasteiger charge is -2.32. The third-order valence-corrected chi connectivity index (χ3v) is 4.45. The number of hydrogen-bond donors (Lipinski definition) is 2. The number of rotatable bonds is 4. The van der Waals surface area contributed by atoms with Crippen LogP contribution in [0.3, 0.4) is 0 Å². The van der Waals surface area contributed by atoms with Gasteiger partial charge in [-0.2, -0.15) is 5.10 Å². The Kier molecular flexibility index (Phi) is 4.87. The molecule has 1 aliphatic heterocycles. The molecule has 1 fully saturated rings. The topological polar surface area (TPSA) is 76.4 Å². The zero-order valence-electron chi connectivity index (χ0n) is 14.4. The summed E-state index contributed by atoms with van der Waals surface area (Å²) in [5.74, 6) is -0.942. The Hall–Kier alpha value is -2.25. The van der Waals surface area contributed by atoms with Gasteiger partial charge < -0.3 is 15.2 Å². The highest BCUT2D eigenvalue weighted by Crippen LogP contribution is 2.20. The van der Waals surface area contributed by atoms with Gasteiger partial charge in [-0.1, -0.05) is 0 Å². The molecule has 2 aromatic rings. The highest BCUT2D eigenvalue weighted by molar-refractivity contribution is 5.94. The van der Waals surface area contributed by atoms with E-state index < -0.39 is 17.3 Å². The van der Waals surface area contributed by atoms with Crippen LogP contribution in [0.2, 0.25) is 0 Å². The Balaban J connectivity index is 1.71. The van der Waals surface area contributed by atoms with Gasteiger partial charge in [0, 0.05) is 43.9 Å². The maximum absolute atomic E-state index is 14.4.